The van der Waals surface area contributed by atoms with Gasteiger partial charge in [0.15, 0.2) is 0 Å². The first-order chi connectivity index (χ1) is 9.98. The summed E-state index contributed by atoms with van der Waals surface area (Å²) in [6.45, 7) is 7.33. The minimum Gasteiger partial charge on any atom is -0.324 e. The standard InChI is InChI=1S/C16H22Cl2N2S/c1-5-16(6-2,21-4)10-20-14-12(18)8-7-9-13(14)19-15(20)11(3)17/h7-9,11H,5-6,10H2,1-4H3. The molecule has 1 aromatic heterocycles. The SMILES string of the molecule is CCC(CC)(Cn1c(C(C)Cl)nc2cccc(Cl)c21)SC. The van der Waals surface area contributed by atoms with Crippen molar-refractivity contribution in [1.82, 2.24) is 9.55 Å². The number of nitrogens with zero attached hydrogens (tertiary/aromatic N) is 2. The lowest BCUT2D eigenvalue weighted by Crippen LogP contribution is -2.30. The Morgan fingerprint density at radius 3 is 2.52 bits per heavy atom. The van der Waals surface area contributed by atoms with E-state index in [0.29, 0.717) is 0 Å². The van der Waals surface area contributed by atoms with Gasteiger partial charge in [0.25, 0.3) is 0 Å². The fraction of sp³-hybridized carbons (Fsp3) is 0.562. The molecule has 0 fully saturated rings. The van der Waals surface area contributed by atoms with Crippen molar-refractivity contribution in [1.29, 1.82) is 0 Å². The molecule has 21 heavy (non-hydrogen) atoms. The van der Waals surface area contributed by atoms with Crippen LogP contribution in [0.2, 0.25) is 5.02 Å². The third kappa shape index (κ3) is 3.20. The molecule has 0 amide bonds. The molecule has 2 aromatic rings. The van der Waals surface area contributed by atoms with Crippen LogP contribution in [0.3, 0.4) is 0 Å². The molecule has 1 heterocycles. The van der Waals surface area contributed by atoms with Gasteiger partial charge in [0.05, 0.1) is 21.4 Å². The van der Waals surface area contributed by atoms with Crippen LogP contribution in [0.5, 0.6) is 0 Å². The first-order valence-electron chi connectivity index (χ1n) is 7.32. The molecule has 2 rings (SSSR count). The minimum absolute atomic E-state index is 0.137. The maximum absolute atomic E-state index is 6.43. The van der Waals surface area contributed by atoms with Crippen molar-refractivity contribution in [3.63, 3.8) is 0 Å². The zero-order chi connectivity index (χ0) is 15.6. The highest BCUT2D eigenvalue weighted by Crippen LogP contribution is 2.37. The number of fused-ring (bicyclic) bond motifs is 1. The number of halogens is 2. The van der Waals surface area contributed by atoms with Crippen molar-refractivity contribution in [3.8, 4) is 0 Å². The van der Waals surface area contributed by atoms with Gasteiger partial charge < -0.3 is 4.57 Å². The fourth-order valence-electron chi connectivity index (χ4n) is 2.74. The summed E-state index contributed by atoms with van der Waals surface area (Å²) < 4.78 is 2.41. The molecule has 2 nitrogen and oxygen atoms in total. The molecule has 0 spiro atoms. The lowest BCUT2D eigenvalue weighted by atomic mass is 10.0. The first-order valence-corrected chi connectivity index (χ1v) is 9.35. The number of para-hydroxylation sites is 1. The van der Waals surface area contributed by atoms with E-state index in [-0.39, 0.29) is 10.1 Å². The van der Waals surface area contributed by atoms with E-state index in [1.54, 1.807) is 0 Å². The maximum atomic E-state index is 6.43. The minimum atomic E-state index is -0.137. The van der Waals surface area contributed by atoms with Crippen LogP contribution in [0.1, 0.15) is 44.8 Å². The Bertz CT molecular complexity index is 610. The van der Waals surface area contributed by atoms with Gasteiger partial charge in [-0.05, 0) is 38.2 Å². The van der Waals surface area contributed by atoms with E-state index in [2.05, 4.69) is 24.7 Å². The number of benzene rings is 1. The van der Waals surface area contributed by atoms with Crippen LogP contribution in [-0.2, 0) is 6.54 Å². The van der Waals surface area contributed by atoms with E-state index in [9.17, 15) is 0 Å². The van der Waals surface area contributed by atoms with E-state index in [0.717, 1.165) is 41.3 Å². The smallest absolute Gasteiger partial charge is 0.127 e. The third-order valence-corrected chi connectivity index (χ3v) is 6.34. The second-order valence-corrected chi connectivity index (χ2v) is 7.71. The van der Waals surface area contributed by atoms with Gasteiger partial charge in [0.2, 0.25) is 0 Å². The maximum Gasteiger partial charge on any atom is 0.127 e. The van der Waals surface area contributed by atoms with Gasteiger partial charge in [-0.15, -0.1) is 11.6 Å². The quantitative estimate of drug-likeness (QED) is 0.606. The van der Waals surface area contributed by atoms with Gasteiger partial charge >= 0.3 is 0 Å². The normalized spacial score (nSPS) is 13.8. The predicted molar refractivity (Wildman–Crippen MR) is 95.8 cm³/mol. The summed E-state index contributed by atoms with van der Waals surface area (Å²) in [4.78, 5) is 4.70. The Labute approximate surface area is 141 Å². The highest BCUT2D eigenvalue weighted by Gasteiger charge is 2.29. The summed E-state index contributed by atoms with van der Waals surface area (Å²) >= 11 is 14.7. The van der Waals surface area contributed by atoms with E-state index in [1.165, 1.54) is 0 Å². The van der Waals surface area contributed by atoms with Crippen molar-refractivity contribution >= 4 is 46.0 Å². The van der Waals surface area contributed by atoms with Gasteiger partial charge in [-0.3, -0.25) is 0 Å². The van der Waals surface area contributed by atoms with Crippen LogP contribution >= 0.6 is 35.0 Å². The fourth-order valence-corrected chi connectivity index (χ4v) is 4.01. The average Bonchev–Trinajstić information content (AvgIpc) is 2.85. The van der Waals surface area contributed by atoms with Crippen LogP contribution in [0.25, 0.3) is 11.0 Å². The Morgan fingerprint density at radius 1 is 1.33 bits per heavy atom. The molecule has 5 heteroatoms. The monoisotopic (exact) mass is 344 g/mol. The highest BCUT2D eigenvalue weighted by atomic mass is 35.5. The molecule has 1 unspecified atom stereocenters. The van der Waals surface area contributed by atoms with Crippen LogP contribution in [0, 0.1) is 0 Å². The Balaban J connectivity index is 2.63. The summed E-state index contributed by atoms with van der Waals surface area (Å²) in [5, 5.41) is 0.604. The molecule has 0 aliphatic carbocycles. The highest BCUT2D eigenvalue weighted by molar-refractivity contribution is 8.00. The van der Waals surface area contributed by atoms with E-state index in [4.69, 9.17) is 28.2 Å². The molecule has 0 saturated heterocycles. The molecule has 0 aliphatic heterocycles. The van der Waals surface area contributed by atoms with Gasteiger partial charge in [0, 0.05) is 11.3 Å². The average molecular weight is 345 g/mol. The van der Waals surface area contributed by atoms with Crippen LogP contribution in [0.4, 0.5) is 0 Å². The molecule has 0 aliphatic rings. The topological polar surface area (TPSA) is 17.8 Å². The second kappa shape index (κ2) is 6.80. The molecular weight excluding hydrogens is 323 g/mol. The van der Waals surface area contributed by atoms with Crippen LogP contribution in [-0.4, -0.2) is 20.6 Å². The van der Waals surface area contributed by atoms with Crippen molar-refractivity contribution in [2.75, 3.05) is 6.26 Å². The van der Waals surface area contributed by atoms with Gasteiger partial charge in [-0.25, -0.2) is 4.98 Å². The van der Waals surface area contributed by atoms with Gasteiger partial charge in [-0.1, -0.05) is 31.5 Å². The van der Waals surface area contributed by atoms with Crippen molar-refractivity contribution in [2.45, 2.75) is 50.3 Å². The number of hydrogen-bond donors (Lipinski definition) is 0. The molecule has 116 valence electrons. The number of rotatable bonds is 6. The molecular formula is C16H22Cl2N2S. The van der Waals surface area contributed by atoms with E-state index < -0.39 is 0 Å². The van der Waals surface area contributed by atoms with Gasteiger partial charge in [0.1, 0.15) is 5.82 Å². The molecule has 0 N–H and O–H groups in total. The zero-order valence-electron chi connectivity index (χ0n) is 13.0. The molecule has 0 saturated carbocycles. The zero-order valence-corrected chi connectivity index (χ0v) is 15.3. The Hall–Kier alpha value is -0.380. The Morgan fingerprint density at radius 2 is 2.00 bits per heavy atom. The lowest BCUT2D eigenvalue weighted by Gasteiger charge is -2.31. The van der Waals surface area contributed by atoms with Gasteiger partial charge in [-0.2, -0.15) is 11.8 Å². The van der Waals surface area contributed by atoms with E-state index in [1.807, 2.05) is 36.9 Å². The predicted octanol–water partition coefficient (Wildman–Crippen LogP) is 5.91. The van der Waals surface area contributed by atoms with E-state index >= 15 is 0 Å². The second-order valence-electron chi connectivity index (χ2n) is 5.37. The lowest BCUT2D eigenvalue weighted by molar-refractivity contribution is 0.463. The molecule has 1 aromatic carbocycles. The number of aromatic nitrogens is 2. The molecule has 0 bridgehead atoms. The van der Waals surface area contributed by atoms with Crippen LogP contribution < -0.4 is 0 Å². The summed E-state index contributed by atoms with van der Waals surface area (Å²) in [7, 11) is 0. The number of thioether (sulfide) groups is 1. The van der Waals surface area contributed by atoms with Crippen molar-refractivity contribution in [3.05, 3.63) is 29.0 Å². The van der Waals surface area contributed by atoms with Crippen LogP contribution in [0.15, 0.2) is 18.2 Å². The molecule has 0 radical (unpaired) electrons. The molecule has 1 atom stereocenters. The first kappa shape index (κ1) is 17.0. The largest absolute Gasteiger partial charge is 0.324 e. The number of imidazole rings is 1. The summed E-state index contributed by atoms with van der Waals surface area (Å²) in [6.07, 6.45) is 4.38. The summed E-state index contributed by atoms with van der Waals surface area (Å²) in [6, 6.07) is 5.86. The summed E-state index contributed by atoms with van der Waals surface area (Å²) in [5.41, 5.74) is 1.93. The van der Waals surface area contributed by atoms with Crippen molar-refractivity contribution < 1.29 is 0 Å². The third-order valence-electron chi connectivity index (χ3n) is 4.27. The van der Waals surface area contributed by atoms with Crippen molar-refractivity contribution in [2.24, 2.45) is 0 Å². The Kier molecular flexibility index (Phi) is 5.50. The number of hydrogen-bond acceptors (Lipinski definition) is 2. The number of alkyl halides is 1. The summed E-state index contributed by atoms with van der Waals surface area (Å²) in [5.74, 6) is 0.903.